The molecule has 2 heterocycles. The van der Waals surface area contributed by atoms with Crippen LogP contribution in [0.1, 0.15) is 11.1 Å². The number of aromatic nitrogens is 1. The maximum absolute atomic E-state index is 4.66. The Bertz CT molecular complexity index is 800. The van der Waals surface area contributed by atoms with Gasteiger partial charge in [-0.05, 0) is 23.6 Å². The summed E-state index contributed by atoms with van der Waals surface area (Å²) in [5, 5.41) is 3.66. The summed E-state index contributed by atoms with van der Waals surface area (Å²) in [6.07, 6.45) is 3.11. The molecule has 4 rings (SSSR count). The Morgan fingerprint density at radius 3 is 2.38 bits per heavy atom. The fraction of sp³-hybridized carbons (Fsp3) is 0.261. The average Bonchev–Trinajstić information content (AvgIpc) is 2.70. The van der Waals surface area contributed by atoms with Crippen LogP contribution in [0, 0.1) is 0 Å². The SMILES string of the molecule is c1ccc(CC2CN(Cc3ccc(-c4ccccc4)nc3)CCN2)cc1. The van der Waals surface area contributed by atoms with Crippen LogP contribution in [0.3, 0.4) is 0 Å². The van der Waals surface area contributed by atoms with E-state index in [9.17, 15) is 0 Å². The molecular weight excluding hydrogens is 318 g/mol. The van der Waals surface area contributed by atoms with Gasteiger partial charge in [-0.25, -0.2) is 0 Å². The molecule has 26 heavy (non-hydrogen) atoms. The number of pyridine rings is 1. The Morgan fingerprint density at radius 1 is 0.885 bits per heavy atom. The fourth-order valence-corrected chi connectivity index (χ4v) is 3.63. The summed E-state index contributed by atoms with van der Waals surface area (Å²) in [4.78, 5) is 7.19. The normalized spacial score (nSPS) is 17.9. The molecule has 1 N–H and O–H groups in total. The molecule has 132 valence electrons. The molecule has 0 bridgehead atoms. The third kappa shape index (κ3) is 4.37. The van der Waals surface area contributed by atoms with E-state index in [2.05, 4.69) is 81.9 Å². The zero-order chi connectivity index (χ0) is 17.6. The Balaban J connectivity index is 1.36. The van der Waals surface area contributed by atoms with Crippen LogP contribution in [0.25, 0.3) is 11.3 Å². The predicted octanol–water partition coefficient (Wildman–Crippen LogP) is 3.77. The lowest BCUT2D eigenvalue weighted by atomic mass is 10.0. The Morgan fingerprint density at radius 2 is 1.65 bits per heavy atom. The molecule has 1 aliphatic rings. The summed E-state index contributed by atoms with van der Waals surface area (Å²) in [6, 6.07) is 26.0. The first kappa shape index (κ1) is 17.0. The van der Waals surface area contributed by atoms with Gasteiger partial charge in [0.25, 0.3) is 0 Å². The van der Waals surface area contributed by atoms with Crippen molar-refractivity contribution in [3.63, 3.8) is 0 Å². The van der Waals surface area contributed by atoms with Gasteiger partial charge in [0.15, 0.2) is 0 Å². The van der Waals surface area contributed by atoms with Gasteiger partial charge in [-0.2, -0.15) is 0 Å². The number of benzene rings is 2. The smallest absolute Gasteiger partial charge is 0.0702 e. The Labute approximate surface area is 155 Å². The Kier molecular flexibility index (Phi) is 5.38. The van der Waals surface area contributed by atoms with Crippen LogP contribution < -0.4 is 5.32 Å². The van der Waals surface area contributed by atoms with Gasteiger partial charge < -0.3 is 5.32 Å². The molecule has 1 aromatic heterocycles. The van der Waals surface area contributed by atoms with Crippen molar-refractivity contribution >= 4 is 0 Å². The van der Waals surface area contributed by atoms with E-state index in [-0.39, 0.29) is 0 Å². The van der Waals surface area contributed by atoms with Crippen molar-refractivity contribution in [1.82, 2.24) is 15.2 Å². The lowest BCUT2D eigenvalue weighted by Crippen LogP contribution is -2.51. The van der Waals surface area contributed by atoms with Crippen LogP contribution in [0.5, 0.6) is 0 Å². The molecule has 1 atom stereocenters. The number of hydrogen-bond donors (Lipinski definition) is 1. The van der Waals surface area contributed by atoms with Crippen LogP contribution in [0.15, 0.2) is 79.0 Å². The highest BCUT2D eigenvalue weighted by Crippen LogP contribution is 2.17. The van der Waals surface area contributed by atoms with Gasteiger partial charge in [0.05, 0.1) is 5.69 Å². The monoisotopic (exact) mass is 343 g/mol. The van der Waals surface area contributed by atoms with Crippen molar-refractivity contribution in [2.45, 2.75) is 19.0 Å². The molecule has 0 saturated carbocycles. The second-order valence-corrected chi connectivity index (χ2v) is 6.99. The number of nitrogens with one attached hydrogen (secondary N) is 1. The minimum atomic E-state index is 0.516. The predicted molar refractivity (Wildman–Crippen MR) is 107 cm³/mol. The molecule has 2 aromatic carbocycles. The minimum absolute atomic E-state index is 0.516. The van der Waals surface area contributed by atoms with Crippen molar-refractivity contribution in [2.75, 3.05) is 19.6 Å². The average molecular weight is 343 g/mol. The quantitative estimate of drug-likeness (QED) is 0.764. The molecule has 0 spiro atoms. The lowest BCUT2D eigenvalue weighted by Gasteiger charge is -2.33. The standard InChI is InChI=1S/C23H25N3/c1-3-7-19(8-4-1)15-22-18-26(14-13-24-22)17-20-11-12-23(25-16-20)21-9-5-2-6-10-21/h1-12,16,22,24H,13-15,17-18H2. The third-order valence-electron chi connectivity index (χ3n) is 4.97. The van der Waals surface area contributed by atoms with Crippen molar-refractivity contribution in [1.29, 1.82) is 0 Å². The van der Waals surface area contributed by atoms with E-state index in [1.54, 1.807) is 0 Å². The maximum atomic E-state index is 4.66. The summed E-state index contributed by atoms with van der Waals surface area (Å²) in [7, 11) is 0. The van der Waals surface area contributed by atoms with Gasteiger partial charge in [-0.1, -0.05) is 66.7 Å². The summed E-state index contributed by atoms with van der Waals surface area (Å²) >= 11 is 0. The molecular formula is C23H25N3. The molecule has 0 amide bonds. The third-order valence-corrected chi connectivity index (χ3v) is 4.97. The van der Waals surface area contributed by atoms with E-state index in [1.807, 2.05) is 12.3 Å². The molecule has 0 aliphatic carbocycles. The maximum Gasteiger partial charge on any atom is 0.0702 e. The molecule has 3 nitrogen and oxygen atoms in total. The second-order valence-electron chi connectivity index (χ2n) is 6.99. The van der Waals surface area contributed by atoms with Gasteiger partial charge in [-0.15, -0.1) is 0 Å². The van der Waals surface area contributed by atoms with Crippen molar-refractivity contribution in [3.8, 4) is 11.3 Å². The van der Waals surface area contributed by atoms with E-state index in [0.717, 1.165) is 38.3 Å². The van der Waals surface area contributed by atoms with Gasteiger partial charge in [0.1, 0.15) is 0 Å². The number of nitrogens with zero attached hydrogens (tertiary/aromatic N) is 2. The second kappa shape index (κ2) is 8.26. The van der Waals surface area contributed by atoms with E-state index in [0.29, 0.717) is 6.04 Å². The van der Waals surface area contributed by atoms with Crippen LogP contribution in [-0.4, -0.2) is 35.6 Å². The van der Waals surface area contributed by atoms with Crippen molar-refractivity contribution in [3.05, 3.63) is 90.1 Å². The van der Waals surface area contributed by atoms with Crippen molar-refractivity contribution < 1.29 is 0 Å². The topological polar surface area (TPSA) is 28.2 Å². The highest BCUT2D eigenvalue weighted by Gasteiger charge is 2.19. The van der Waals surface area contributed by atoms with E-state index in [4.69, 9.17) is 0 Å². The molecule has 1 fully saturated rings. The summed E-state index contributed by atoms with van der Waals surface area (Å²) < 4.78 is 0. The Hall–Kier alpha value is -2.49. The highest BCUT2D eigenvalue weighted by molar-refractivity contribution is 5.58. The lowest BCUT2D eigenvalue weighted by molar-refractivity contribution is 0.191. The minimum Gasteiger partial charge on any atom is -0.311 e. The summed E-state index contributed by atoms with van der Waals surface area (Å²) in [5.41, 5.74) is 4.89. The van der Waals surface area contributed by atoms with Crippen LogP contribution >= 0.6 is 0 Å². The van der Waals surface area contributed by atoms with E-state index < -0.39 is 0 Å². The van der Waals surface area contributed by atoms with Crippen molar-refractivity contribution in [2.24, 2.45) is 0 Å². The number of rotatable bonds is 5. The van der Waals surface area contributed by atoms with Crippen LogP contribution in [0.2, 0.25) is 0 Å². The summed E-state index contributed by atoms with van der Waals surface area (Å²) in [6.45, 7) is 4.18. The largest absolute Gasteiger partial charge is 0.311 e. The van der Waals surface area contributed by atoms with Gasteiger partial charge in [-0.3, -0.25) is 9.88 Å². The fourth-order valence-electron chi connectivity index (χ4n) is 3.63. The molecule has 0 radical (unpaired) electrons. The first-order valence-electron chi connectivity index (χ1n) is 9.37. The number of hydrogen-bond acceptors (Lipinski definition) is 3. The zero-order valence-electron chi connectivity index (χ0n) is 15.0. The van der Waals surface area contributed by atoms with Crippen LogP contribution in [0.4, 0.5) is 0 Å². The first-order valence-corrected chi connectivity index (χ1v) is 9.37. The zero-order valence-corrected chi connectivity index (χ0v) is 15.0. The van der Waals surface area contributed by atoms with Crippen LogP contribution in [-0.2, 0) is 13.0 Å². The molecule has 1 unspecified atom stereocenters. The summed E-state index contributed by atoms with van der Waals surface area (Å²) in [5.74, 6) is 0. The first-order chi connectivity index (χ1) is 12.9. The van der Waals surface area contributed by atoms with Gasteiger partial charge >= 0.3 is 0 Å². The van der Waals surface area contributed by atoms with E-state index in [1.165, 1.54) is 16.7 Å². The number of piperazine rings is 1. The van der Waals surface area contributed by atoms with E-state index >= 15 is 0 Å². The van der Waals surface area contributed by atoms with Gasteiger partial charge in [0, 0.05) is 44.0 Å². The van der Waals surface area contributed by atoms with Gasteiger partial charge in [0.2, 0.25) is 0 Å². The molecule has 1 saturated heterocycles. The molecule has 3 heteroatoms. The molecule has 3 aromatic rings. The highest BCUT2D eigenvalue weighted by atomic mass is 15.2. The molecule has 1 aliphatic heterocycles.